The summed E-state index contributed by atoms with van der Waals surface area (Å²) >= 11 is 0. The molecule has 0 amide bonds. The van der Waals surface area contributed by atoms with Crippen LogP contribution in [0.1, 0.15) is 47.1 Å². The van der Waals surface area contributed by atoms with Crippen LogP contribution in [0.25, 0.3) is 50.0 Å². The molecule has 279 valence electrons. The predicted molar refractivity (Wildman–Crippen MR) is 231 cm³/mol. The molecule has 3 nitrogen and oxygen atoms in total. The first-order chi connectivity index (χ1) is 26.8. The van der Waals surface area contributed by atoms with E-state index < -0.39 is 14.4 Å². The topological polar surface area (TPSA) is 30.7 Å². The Balaban J connectivity index is 0.000000208. The predicted octanol–water partition coefficient (Wildman–Crippen LogP) is 12.3. The van der Waals surface area contributed by atoms with Crippen molar-refractivity contribution in [3.8, 4) is 28.2 Å². The second-order valence-corrected chi connectivity index (χ2v) is 20.7. The maximum atomic E-state index is 8.55. The van der Waals surface area contributed by atoms with Gasteiger partial charge in [0.15, 0.2) is 0 Å². The van der Waals surface area contributed by atoms with E-state index in [0.717, 1.165) is 44.5 Å². The van der Waals surface area contributed by atoms with Gasteiger partial charge in [0.2, 0.25) is 0 Å². The summed E-state index contributed by atoms with van der Waals surface area (Å²) in [4.78, 5) is 9.32. The maximum absolute atomic E-state index is 8.55. The molecule has 0 saturated carbocycles. The Hall–Kier alpha value is -4.93. The summed E-state index contributed by atoms with van der Waals surface area (Å²) in [6, 6.07) is 54.8. The van der Waals surface area contributed by atoms with E-state index in [2.05, 4.69) is 164 Å². The van der Waals surface area contributed by atoms with Gasteiger partial charge in [0, 0.05) is 51.9 Å². The van der Waals surface area contributed by atoms with Crippen LogP contribution in [-0.4, -0.2) is 22.6 Å². The number of benzene rings is 5. The van der Waals surface area contributed by atoms with E-state index >= 15 is 0 Å². The first-order valence-electron chi connectivity index (χ1n) is 19.8. The Labute approximate surface area is 344 Å². The monoisotopic (exact) mass is 914 g/mol. The number of hydrogen-bond donors (Lipinski definition) is 0. The molecule has 0 aliphatic heterocycles. The van der Waals surface area contributed by atoms with Crippen molar-refractivity contribution in [3.63, 3.8) is 0 Å². The summed E-state index contributed by atoms with van der Waals surface area (Å²) in [6.45, 7) is 15.1. The largest absolute Gasteiger partial charge is 0.351 e. The van der Waals surface area contributed by atoms with Gasteiger partial charge in [0.25, 0.3) is 0 Å². The molecule has 0 N–H and O–H groups in total. The summed E-state index contributed by atoms with van der Waals surface area (Å²) in [7, 11) is -1.67. The SMILES string of the molecule is CC(C)(c1ccccc1)c1ccnc(-c2[c-]cc3c(c2)c2ccccc2n3-c2ccccc2)c1.[2H]C([2H])(c1cc(-c2[c-]cccc2)ncc1[Si](C)(C)C)C(C)C.[Ir]. The normalized spacial score (nSPS) is 12.4. The second-order valence-electron chi connectivity index (χ2n) is 15.7. The van der Waals surface area contributed by atoms with E-state index in [9.17, 15) is 0 Å². The molecule has 5 heteroatoms. The molecular formula is C50H49IrN3Si-2. The van der Waals surface area contributed by atoms with Gasteiger partial charge in [-0.25, -0.2) is 0 Å². The van der Waals surface area contributed by atoms with E-state index in [1.807, 2.05) is 56.6 Å². The third-order valence-corrected chi connectivity index (χ3v) is 12.0. The van der Waals surface area contributed by atoms with Gasteiger partial charge in [-0.2, -0.15) is 0 Å². The van der Waals surface area contributed by atoms with Crippen LogP contribution in [0, 0.1) is 18.1 Å². The fraction of sp³-hybridized carbons (Fsp3) is 0.200. The molecule has 3 heterocycles. The van der Waals surface area contributed by atoms with Gasteiger partial charge in [0.1, 0.15) is 0 Å². The van der Waals surface area contributed by atoms with Crippen molar-refractivity contribution in [2.75, 3.05) is 0 Å². The third kappa shape index (κ3) is 8.65. The van der Waals surface area contributed by atoms with Crippen LogP contribution in [0.4, 0.5) is 0 Å². The van der Waals surface area contributed by atoms with Crippen LogP contribution in [0.3, 0.4) is 0 Å². The minimum atomic E-state index is -1.67. The zero-order valence-electron chi connectivity index (χ0n) is 34.7. The van der Waals surface area contributed by atoms with Gasteiger partial charge in [-0.05, 0) is 75.2 Å². The minimum Gasteiger partial charge on any atom is -0.351 e. The van der Waals surface area contributed by atoms with Crippen LogP contribution >= 0.6 is 0 Å². The molecule has 0 saturated heterocycles. The quantitative estimate of drug-likeness (QED) is 0.112. The van der Waals surface area contributed by atoms with Crippen molar-refractivity contribution >= 4 is 35.1 Å². The van der Waals surface area contributed by atoms with Gasteiger partial charge in [0.05, 0.1) is 8.07 Å². The maximum Gasteiger partial charge on any atom is 0.0798 e. The first kappa shape index (κ1) is 37.0. The number of pyridine rings is 2. The Morgan fingerprint density at radius 3 is 2.05 bits per heavy atom. The molecule has 5 aromatic carbocycles. The van der Waals surface area contributed by atoms with Crippen LogP contribution in [0.5, 0.6) is 0 Å². The molecule has 0 fully saturated rings. The van der Waals surface area contributed by atoms with Crippen LogP contribution < -0.4 is 5.19 Å². The second kappa shape index (κ2) is 16.8. The van der Waals surface area contributed by atoms with Gasteiger partial charge >= 0.3 is 0 Å². The Morgan fingerprint density at radius 2 is 1.36 bits per heavy atom. The van der Waals surface area contributed by atoms with Gasteiger partial charge in [-0.15, -0.1) is 59.7 Å². The zero-order chi connectivity index (χ0) is 39.7. The standard InChI is InChI=1S/C32H25N2.C18H24NSi.Ir/c1-32(2,24-11-5-3-6-12-24)25-19-20-33-29(22-25)23-17-18-31-28(21-23)27-15-9-10-16-30(27)34(31)26-13-7-4-8-14-26;1-14(2)11-16-12-17(15-9-7-6-8-10-15)19-13-18(16)20(3,4)5;/h3-16,18-22H,1-2H3;6-9,12-14H,11H2,1-5H3;/q2*-1;/i;11D2;. The zero-order valence-corrected chi connectivity index (χ0v) is 36.1. The van der Waals surface area contributed by atoms with Crippen molar-refractivity contribution in [1.82, 2.24) is 14.5 Å². The van der Waals surface area contributed by atoms with Crippen molar-refractivity contribution in [1.29, 1.82) is 0 Å². The molecule has 0 bridgehead atoms. The van der Waals surface area contributed by atoms with Crippen LogP contribution in [-0.2, 0) is 31.9 Å². The average molecular weight is 914 g/mol. The Kier molecular flexibility index (Phi) is 11.3. The fourth-order valence-electron chi connectivity index (χ4n) is 7.09. The van der Waals surface area contributed by atoms with Gasteiger partial charge < -0.3 is 14.5 Å². The van der Waals surface area contributed by atoms with Crippen LogP contribution in [0.2, 0.25) is 19.6 Å². The number of hydrogen-bond acceptors (Lipinski definition) is 2. The summed E-state index contributed by atoms with van der Waals surface area (Å²) in [6.07, 6.45) is 2.45. The Morgan fingerprint density at radius 1 is 0.691 bits per heavy atom. The molecule has 8 rings (SSSR count). The van der Waals surface area contributed by atoms with Crippen molar-refractivity contribution in [2.24, 2.45) is 5.92 Å². The summed E-state index contributed by atoms with van der Waals surface area (Å²) < 4.78 is 19.4. The molecule has 8 aromatic rings. The van der Waals surface area contributed by atoms with Crippen LogP contribution in [0.15, 0.2) is 152 Å². The fourth-order valence-corrected chi connectivity index (χ4v) is 8.49. The molecule has 55 heavy (non-hydrogen) atoms. The van der Waals surface area contributed by atoms with Gasteiger partial charge in [-0.3, -0.25) is 0 Å². The number of fused-ring (bicyclic) bond motifs is 3. The number of aromatic nitrogens is 3. The minimum absolute atomic E-state index is 0. The average Bonchev–Trinajstić information content (AvgIpc) is 3.55. The van der Waals surface area contributed by atoms with E-state index in [1.165, 1.54) is 27.4 Å². The molecule has 0 spiro atoms. The van der Waals surface area contributed by atoms with Crippen molar-refractivity contribution in [2.45, 2.75) is 59.1 Å². The number of para-hydroxylation sites is 2. The molecule has 0 unspecified atom stereocenters. The smallest absolute Gasteiger partial charge is 0.0798 e. The third-order valence-electron chi connectivity index (χ3n) is 10.0. The Bertz CT molecular complexity index is 2600. The molecule has 0 aliphatic rings. The number of nitrogens with zero attached hydrogens (tertiary/aromatic N) is 3. The van der Waals surface area contributed by atoms with E-state index in [4.69, 9.17) is 7.73 Å². The number of rotatable bonds is 8. The van der Waals surface area contributed by atoms with E-state index in [-0.39, 0.29) is 31.4 Å². The molecule has 0 aliphatic carbocycles. The van der Waals surface area contributed by atoms with E-state index in [1.54, 1.807) is 0 Å². The molecule has 0 atom stereocenters. The van der Waals surface area contributed by atoms with Gasteiger partial charge in [-0.1, -0.05) is 137 Å². The summed E-state index contributed by atoms with van der Waals surface area (Å²) in [5.41, 5.74) is 10.4. The first-order valence-corrected chi connectivity index (χ1v) is 22.3. The summed E-state index contributed by atoms with van der Waals surface area (Å²) in [5, 5.41) is 3.55. The van der Waals surface area contributed by atoms with Crippen molar-refractivity contribution in [3.05, 3.63) is 181 Å². The summed E-state index contributed by atoms with van der Waals surface area (Å²) in [5.74, 6) is -0.0856. The van der Waals surface area contributed by atoms with Crippen molar-refractivity contribution < 1.29 is 22.8 Å². The molecular weight excluding hydrogens is 863 g/mol. The molecule has 3 aromatic heterocycles. The van der Waals surface area contributed by atoms with E-state index in [0.29, 0.717) is 0 Å². The molecule has 1 radical (unpaired) electrons.